The maximum absolute atomic E-state index is 12.3. The highest BCUT2D eigenvalue weighted by Crippen LogP contribution is 2.09. The van der Waals surface area contributed by atoms with E-state index in [0.717, 1.165) is 24.3 Å². The van der Waals surface area contributed by atoms with Gasteiger partial charge in [-0.2, -0.15) is 0 Å². The Morgan fingerprint density at radius 1 is 1.10 bits per heavy atom. The number of carbonyl (C=O) groups is 1. The molecule has 1 aromatic carbocycles. The Balaban J connectivity index is 2.71. The summed E-state index contributed by atoms with van der Waals surface area (Å²) in [4.78, 5) is 14.2. The first-order valence-electron chi connectivity index (χ1n) is 7.21. The molecule has 0 aliphatic carbocycles. The number of nitrogens with two attached hydrogens (primary N) is 1. The summed E-state index contributed by atoms with van der Waals surface area (Å²) in [7, 11) is 0. The van der Waals surface area contributed by atoms with Gasteiger partial charge < -0.3 is 10.6 Å². The van der Waals surface area contributed by atoms with Crippen molar-refractivity contribution in [1.29, 1.82) is 0 Å². The summed E-state index contributed by atoms with van der Waals surface area (Å²) in [5.41, 5.74) is 7.36. The number of benzene rings is 1. The van der Waals surface area contributed by atoms with Crippen LogP contribution in [0.1, 0.15) is 33.3 Å². The maximum atomic E-state index is 12.3. The van der Waals surface area contributed by atoms with E-state index < -0.39 is 0 Å². The van der Waals surface area contributed by atoms with Gasteiger partial charge in [0.05, 0.1) is 0 Å². The minimum atomic E-state index is 0.0734. The van der Waals surface area contributed by atoms with Crippen molar-refractivity contribution in [1.82, 2.24) is 4.90 Å². The van der Waals surface area contributed by atoms with Crippen molar-refractivity contribution >= 4 is 17.7 Å². The first-order chi connectivity index (χ1) is 9.38. The van der Waals surface area contributed by atoms with E-state index >= 15 is 0 Å². The minimum Gasteiger partial charge on any atom is -0.399 e. The summed E-state index contributed by atoms with van der Waals surface area (Å²) in [5.74, 6) is 1.02. The zero-order chi connectivity index (χ0) is 15.1. The van der Waals surface area contributed by atoms with Crippen molar-refractivity contribution in [2.45, 2.75) is 27.7 Å². The molecule has 0 saturated heterocycles. The highest BCUT2D eigenvalue weighted by atomic mass is 16.2. The van der Waals surface area contributed by atoms with Gasteiger partial charge >= 0.3 is 0 Å². The summed E-state index contributed by atoms with van der Waals surface area (Å²) in [6.07, 6.45) is 3.49. The summed E-state index contributed by atoms with van der Waals surface area (Å²) in [6, 6.07) is 7.50. The Hall–Kier alpha value is -1.77. The molecule has 0 aliphatic heterocycles. The van der Waals surface area contributed by atoms with E-state index in [-0.39, 0.29) is 5.91 Å². The zero-order valence-corrected chi connectivity index (χ0v) is 13.0. The second kappa shape index (κ2) is 7.73. The molecule has 0 heterocycles. The standard InChI is InChI=1S/C17H26N2O/c1-13(2)11-19(12-14(3)4)17(20)10-7-15-5-8-16(18)9-6-15/h5-10,13-14H,11-12,18H2,1-4H3/b10-7+. The van der Waals surface area contributed by atoms with E-state index in [2.05, 4.69) is 27.7 Å². The van der Waals surface area contributed by atoms with Crippen LogP contribution in [0.25, 0.3) is 6.08 Å². The molecule has 0 radical (unpaired) electrons. The molecule has 3 heteroatoms. The van der Waals surface area contributed by atoms with Crippen LogP contribution >= 0.6 is 0 Å². The van der Waals surface area contributed by atoms with Crippen molar-refractivity contribution in [3.05, 3.63) is 35.9 Å². The largest absolute Gasteiger partial charge is 0.399 e. The van der Waals surface area contributed by atoms with Crippen LogP contribution in [0.3, 0.4) is 0 Å². The van der Waals surface area contributed by atoms with Crippen LogP contribution in [-0.4, -0.2) is 23.9 Å². The monoisotopic (exact) mass is 274 g/mol. The van der Waals surface area contributed by atoms with Gasteiger partial charge in [0, 0.05) is 24.9 Å². The van der Waals surface area contributed by atoms with E-state index in [0.29, 0.717) is 11.8 Å². The van der Waals surface area contributed by atoms with E-state index in [1.165, 1.54) is 0 Å². The Morgan fingerprint density at radius 2 is 1.60 bits per heavy atom. The number of hydrogen-bond donors (Lipinski definition) is 1. The summed E-state index contributed by atoms with van der Waals surface area (Å²) < 4.78 is 0. The van der Waals surface area contributed by atoms with Gasteiger partial charge in [-0.05, 0) is 35.6 Å². The fourth-order valence-corrected chi connectivity index (χ4v) is 2.02. The molecule has 0 atom stereocenters. The Morgan fingerprint density at radius 3 is 2.05 bits per heavy atom. The van der Waals surface area contributed by atoms with Crippen LogP contribution in [0, 0.1) is 11.8 Å². The lowest BCUT2D eigenvalue weighted by Crippen LogP contribution is -2.35. The number of anilines is 1. The Kier molecular flexibility index (Phi) is 6.29. The predicted octanol–water partition coefficient (Wildman–Crippen LogP) is 3.42. The van der Waals surface area contributed by atoms with Crippen LogP contribution < -0.4 is 5.73 Å². The second-order valence-electron chi connectivity index (χ2n) is 6.03. The lowest BCUT2D eigenvalue weighted by Gasteiger charge is -2.25. The average Bonchev–Trinajstić information content (AvgIpc) is 2.36. The quantitative estimate of drug-likeness (QED) is 0.638. The zero-order valence-electron chi connectivity index (χ0n) is 13.0. The summed E-state index contributed by atoms with van der Waals surface area (Å²) >= 11 is 0. The smallest absolute Gasteiger partial charge is 0.246 e. The first kappa shape index (κ1) is 16.3. The highest BCUT2D eigenvalue weighted by molar-refractivity contribution is 5.91. The average molecular weight is 274 g/mol. The summed E-state index contributed by atoms with van der Waals surface area (Å²) in [5, 5.41) is 0. The van der Waals surface area contributed by atoms with Crippen molar-refractivity contribution in [3.8, 4) is 0 Å². The molecule has 0 aliphatic rings. The highest BCUT2D eigenvalue weighted by Gasteiger charge is 2.13. The normalized spacial score (nSPS) is 11.5. The topological polar surface area (TPSA) is 46.3 Å². The number of nitrogens with zero attached hydrogens (tertiary/aromatic N) is 1. The molecule has 0 spiro atoms. The number of hydrogen-bond acceptors (Lipinski definition) is 2. The van der Waals surface area contributed by atoms with Crippen molar-refractivity contribution in [2.75, 3.05) is 18.8 Å². The summed E-state index contributed by atoms with van der Waals surface area (Å²) in [6.45, 7) is 10.1. The molecule has 0 bridgehead atoms. The molecule has 3 nitrogen and oxygen atoms in total. The molecular weight excluding hydrogens is 248 g/mol. The Labute approximate surface area is 122 Å². The molecule has 1 aromatic rings. The third kappa shape index (κ3) is 5.91. The fourth-order valence-electron chi connectivity index (χ4n) is 2.02. The fraction of sp³-hybridized carbons (Fsp3) is 0.471. The van der Waals surface area contributed by atoms with E-state index in [9.17, 15) is 4.79 Å². The van der Waals surface area contributed by atoms with Crippen LogP contribution in [0.4, 0.5) is 5.69 Å². The van der Waals surface area contributed by atoms with Crippen LogP contribution in [0.2, 0.25) is 0 Å². The van der Waals surface area contributed by atoms with Crippen molar-refractivity contribution < 1.29 is 4.79 Å². The van der Waals surface area contributed by atoms with Gasteiger partial charge in [-0.3, -0.25) is 4.79 Å². The molecule has 1 rings (SSSR count). The minimum absolute atomic E-state index is 0.0734. The number of carbonyl (C=O) groups excluding carboxylic acids is 1. The van der Waals surface area contributed by atoms with Crippen molar-refractivity contribution in [3.63, 3.8) is 0 Å². The van der Waals surface area contributed by atoms with E-state index in [1.54, 1.807) is 6.08 Å². The molecule has 0 fully saturated rings. The third-order valence-corrected chi connectivity index (χ3v) is 2.84. The number of amides is 1. The molecule has 20 heavy (non-hydrogen) atoms. The van der Waals surface area contributed by atoms with Crippen LogP contribution in [0.15, 0.2) is 30.3 Å². The molecule has 0 aromatic heterocycles. The van der Waals surface area contributed by atoms with Gasteiger partial charge in [0.1, 0.15) is 0 Å². The van der Waals surface area contributed by atoms with Gasteiger partial charge in [-0.25, -0.2) is 0 Å². The Bertz CT molecular complexity index is 437. The molecule has 0 saturated carbocycles. The lowest BCUT2D eigenvalue weighted by molar-refractivity contribution is -0.127. The molecular formula is C17H26N2O. The third-order valence-electron chi connectivity index (χ3n) is 2.84. The number of nitrogen functional groups attached to an aromatic ring is 1. The van der Waals surface area contributed by atoms with E-state index in [1.807, 2.05) is 35.2 Å². The molecule has 2 N–H and O–H groups in total. The van der Waals surface area contributed by atoms with E-state index in [4.69, 9.17) is 5.73 Å². The van der Waals surface area contributed by atoms with Gasteiger partial charge in [-0.1, -0.05) is 39.8 Å². The van der Waals surface area contributed by atoms with Crippen molar-refractivity contribution in [2.24, 2.45) is 11.8 Å². The predicted molar refractivity (Wildman–Crippen MR) is 86.1 cm³/mol. The number of rotatable bonds is 6. The van der Waals surface area contributed by atoms with Gasteiger partial charge in [0.15, 0.2) is 0 Å². The van der Waals surface area contributed by atoms with Gasteiger partial charge in [-0.15, -0.1) is 0 Å². The molecule has 1 amide bonds. The first-order valence-corrected chi connectivity index (χ1v) is 7.21. The second-order valence-corrected chi connectivity index (χ2v) is 6.03. The molecule has 110 valence electrons. The van der Waals surface area contributed by atoms with Crippen LogP contribution in [0.5, 0.6) is 0 Å². The van der Waals surface area contributed by atoms with Gasteiger partial charge in [0.25, 0.3) is 0 Å². The maximum Gasteiger partial charge on any atom is 0.246 e. The van der Waals surface area contributed by atoms with Gasteiger partial charge in [0.2, 0.25) is 5.91 Å². The molecule has 0 unspecified atom stereocenters. The lowest BCUT2D eigenvalue weighted by atomic mass is 10.1. The SMILES string of the molecule is CC(C)CN(CC(C)C)C(=O)/C=C/c1ccc(N)cc1. The van der Waals surface area contributed by atoms with Crippen LogP contribution in [-0.2, 0) is 4.79 Å².